The van der Waals surface area contributed by atoms with Crippen LogP contribution in [0, 0.1) is 5.41 Å². The second kappa shape index (κ2) is 6.11. The van der Waals surface area contributed by atoms with Crippen molar-refractivity contribution in [1.29, 1.82) is 0 Å². The number of nitrogens with one attached hydrogen (secondary N) is 1. The lowest BCUT2D eigenvalue weighted by atomic mass is 9.70. The van der Waals surface area contributed by atoms with Gasteiger partial charge >= 0.3 is 0 Å². The Kier molecular flexibility index (Phi) is 3.92. The van der Waals surface area contributed by atoms with E-state index in [0.717, 1.165) is 25.7 Å². The maximum atomic E-state index is 12.9. The molecule has 1 amide bonds. The second-order valence-corrected chi connectivity index (χ2v) is 7.15. The molecular formula is C19H21N3O3. The van der Waals surface area contributed by atoms with Gasteiger partial charge in [0.2, 0.25) is 0 Å². The van der Waals surface area contributed by atoms with E-state index in [-0.39, 0.29) is 41.3 Å². The van der Waals surface area contributed by atoms with Gasteiger partial charge in [-0.15, -0.1) is 0 Å². The minimum absolute atomic E-state index is 0.00364. The predicted octanol–water partition coefficient (Wildman–Crippen LogP) is 1.37. The lowest BCUT2D eigenvalue weighted by Gasteiger charge is -2.36. The summed E-state index contributed by atoms with van der Waals surface area (Å²) < 4.78 is 0. The highest BCUT2D eigenvalue weighted by Crippen LogP contribution is 2.51. The summed E-state index contributed by atoms with van der Waals surface area (Å²) in [7, 11) is 0. The number of aromatic nitrogens is 2. The van der Waals surface area contributed by atoms with Crippen molar-refractivity contribution < 1.29 is 9.90 Å². The van der Waals surface area contributed by atoms with Gasteiger partial charge in [-0.1, -0.05) is 30.3 Å². The first-order valence-electron chi connectivity index (χ1n) is 8.66. The number of fused-ring (bicyclic) bond motifs is 2. The van der Waals surface area contributed by atoms with Crippen LogP contribution in [-0.2, 0) is 6.42 Å². The van der Waals surface area contributed by atoms with E-state index in [2.05, 4.69) is 22.3 Å². The highest BCUT2D eigenvalue weighted by atomic mass is 16.3. The molecule has 2 aromatic rings. The van der Waals surface area contributed by atoms with Crippen LogP contribution in [0.1, 0.15) is 35.3 Å². The Morgan fingerprint density at radius 2 is 2.04 bits per heavy atom. The number of aliphatic hydroxyl groups is 1. The van der Waals surface area contributed by atoms with Gasteiger partial charge in [0, 0.05) is 23.6 Å². The van der Waals surface area contributed by atoms with Crippen molar-refractivity contribution in [1.82, 2.24) is 15.1 Å². The molecule has 1 aromatic heterocycles. The van der Waals surface area contributed by atoms with E-state index in [9.17, 15) is 14.7 Å². The molecule has 0 unspecified atom stereocenters. The Bertz CT molecular complexity index is 815. The predicted molar refractivity (Wildman–Crippen MR) is 92.1 cm³/mol. The van der Waals surface area contributed by atoms with Crippen LogP contribution in [0.4, 0.5) is 0 Å². The molecule has 25 heavy (non-hydrogen) atoms. The largest absolute Gasteiger partial charge is 0.396 e. The minimum Gasteiger partial charge on any atom is -0.396 e. The summed E-state index contributed by atoms with van der Waals surface area (Å²) in [5.41, 5.74) is 0.806. The van der Waals surface area contributed by atoms with Gasteiger partial charge in [-0.25, -0.2) is 5.10 Å². The lowest BCUT2D eigenvalue weighted by molar-refractivity contribution is 0.0565. The van der Waals surface area contributed by atoms with E-state index in [1.165, 1.54) is 17.7 Å². The molecular weight excluding hydrogens is 318 g/mol. The Morgan fingerprint density at radius 3 is 2.72 bits per heavy atom. The van der Waals surface area contributed by atoms with Gasteiger partial charge < -0.3 is 10.0 Å². The van der Waals surface area contributed by atoms with Crippen molar-refractivity contribution in [3.05, 3.63) is 64.1 Å². The van der Waals surface area contributed by atoms with Gasteiger partial charge in [-0.05, 0) is 37.3 Å². The Hall–Kier alpha value is -2.47. The molecule has 1 aromatic carbocycles. The third kappa shape index (κ3) is 2.66. The van der Waals surface area contributed by atoms with E-state index in [4.69, 9.17) is 0 Å². The standard InChI is InChI=1S/C19H21N3O3/c23-12-19(10-13-4-2-1-3-5-13)11-14-6-8-16(19)22(14)18(25)15-7-9-17(24)21-20-15/h1-5,7,9,14,16,23H,6,8,10-12H2,(H,21,24)/t14-,16+,19-/m1/s1. The monoisotopic (exact) mass is 339 g/mol. The Balaban J connectivity index is 1.62. The zero-order valence-electron chi connectivity index (χ0n) is 13.9. The van der Waals surface area contributed by atoms with E-state index >= 15 is 0 Å². The van der Waals surface area contributed by atoms with Crippen LogP contribution in [0.25, 0.3) is 0 Å². The molecule has 2 N–H and O–H groups in total. The number of nitrogens with zero attached hydrogens (tertiary/aromatic N) is 2. The van der Waals surface area contributed by atoms with Crippen LogP contribution >= 0.6 is 0 Å². The van der Waals surface area contributed by atoms with Crippen LogP contribution < -0.4 is 5.56 Å². The third-order valence-electron chi connectivity index (χ3n) is 5.70. The van der Waals surface area contributed by atoms with Crippen molar-refractivity contribution >= 4 is 5.91 Å². The molecule has 0 spiro atoms. The molecule has 130 valence electrons. The lowest BCUT2D eigenvalue weighted by Crippen LogP contribution is -2.44. The van der Waals surface area contributed by atoms with Gasteiger partial charge in [-0.2, -0.15) is 5.10 Å². The highest BCUT2D eigenvalue weighted by molar-refractivity contribution is 5.93. The Labute approximate surface area is 145 Å². The van der Waals surface area contributed by atoms with Crippen molar-refractivity contribution in [3.63, 3.8) is 0 Å². The van der Waals surface area contributed by atoms with Gasteiger partial charge in [0.15, 0.2) is 0 Å². The first-order chi connectivity index (χ1) is 12.1. The van der Waals surface area contributed by atoms with E-state index in [1.54, 1.807) is 0 Å². The molecule has 0 radical (unpaired) electrons. The molecule has 2 saturated heterocycles. The summed E-state index contributed by atoms with van der Waals surface area (Å²) >= 11 is 0. The van der Waals surface area contributed by atoms with Crippen molar-refractivity contribution in [2.75, 3.05) is 6.61 Å². The van der Waals surface area contributed by atoms with Gasteiger partial charge in [0.25, 0.3) is 11.5 Å². The zero-order valence-corrected chi connectivity index (χ0v) is 13.9. The average molecular weight is 339 g/mol. The van der Waals surface area contributed by atoms with Crippen molar-refractivity contribution in [2.24, 2.45) is 5.41 Å². The number of H-pyrrole nitrogens is 1. The molecule has 2 aliphatic rings. The molecule has 2 aliphatic heterocycles. The summed E-state index contributed by atoms with van der Waals surface area (Å²) in [4.78, 5) is 26.0. The quantitative estimate of drug-likeness (QED) is 0.881. The van der Waals surface area contributed by atoms with Crippen LogP contribution in [0.15, 0.2) is 47.3 Å². The van der Waals surface area contributed by atoms with Gasteiger partial charge in [-0.3, -0.25) is 9.59 Å². The van der Waals surface area contributed by atoms with Crippen LogP contribution in [0.2, 0.25) is 0 Å². The summed E-state index contributed by atoms with van der Waals surface area (Å²) in [5, 5.41) is 16.4. The maximum Gasteiger partial charge on any atom is 0.274 e. The van der Waals surface area contributed by atoms with Crippen molar-refractivity contribution in [3.8, 4) is 0 Å². The molecule has 4 rings (SSSR count). The molecule has 6 nitrogen and oxygen atoms in total. The average Bonchev–Trinajstić information content (AvgIpc) is 3.18. The minimum atomic E-state index is -0.324. The second-order valence-electron chi connectivity index (χ2n) is 7.15. The van der Waals surface area contributed by atoms with E-state index < -0.39 is 0 Å². The summed E-state index contributed by atoms with van der Waals surface area (Å²) in [5.74, 6) is -0.160. The molecule has 0 saturated carbocycles. The normalized spacial score (nSPS) is 27.6. The van der Waals surface area contributed by atoms with Crippen LogP contribution in [0.3, 0.4) is 0 Å². The number of benzene rings is 1. The highest BCUT2D eigenvalue weighted by Gasteiger charge is 2.57. The number of hydrogen-bond donors (Lipinski definition) is 2. The number of hydrogen-bond acceptors (Lipinski definition) is 4. The molecule has 6 heteroatoms. The topological polar surface area (TPSA) is 86.3 Å². The van der Waals surface area contributed by atoms with Gasteiger partial charge in [0.05, 0.1) is 6.61 Å². The summed E-state index contributed by atoms with van der Waals surface area (Å²) in [6.07, 6.45) is 3.41. The maximum absolute atomic E-state index is 12.9. The Morgan fingerprint density at radius 1 is 1.24 bits per heavy atom. The van der Waals surface area contributed by atoms with E-state index in [0.29, 0.717) is 0 Å². The number of carbonyl (C=O) groups excluding carboxylic acids is 1. The van der Waals surface area contributed by atoms with E-state index in [1.807, 2.05) is 23.1 Å². The summed E-state index contributed by atoms with van der Waals surface area (Å²) in [6, 6.07) is 13.0. The fraction of sp³-hybridized carbons (Fsp3) is 0.421. The first-order valence-corrected chi connectivity index (χ1v) is 8.66. The molecule has 2 bridgehead atoms. The SMILES string of the molecule is O=C(c1ccc(=O)[nH]n1)N1[C@@H]2CC[C@H]1[C@](CO)(Cc1ccccc1)C2. The van der Waals surface area contributed by atoms with Crippen LogP contribution in [-0.4, -0.2) is 44.8 Å². The van der Waals surface area contributed by atoms with Gasteiger partial charge in [0.1, 0.15) is 5.69 Å². The summed E-state index contributed by atoms with van der Waals surface area (Å²) in [6.45, 7) is 0.0614. The molecule has 3 atom stereocenters. The van der Waals surface area contributed by atoms with Crippen LogP contribution in [0.5, 0.6) is 0 Å². The molecule has 2 fully saturated rings. The fourth-order valence-electron chi connectivity index (χ4n) is 4.61. The fourth-order valence-corrected chi connectivity index (χ4v) is 4.61. The number of aromatic amines is 1. The first kappa shape index (κ1) is 16.0. The number of aliphatic hydroxyl groups excluding tert-OH is 1. The van der Waals surface area contributed by atoms with Crippen molar-refractivity contribution in [2.45, 2.75) is 37.8 Å². The number of amides is 1. The number of rotatable bonds is 4. The molecule has 0 aliphatic carbocycles. The number of carbonyl (C=O) groups is 1. The zero-order chi connectivity index (χ0) is 17.4. The smallest absolute Gasteiger partial charge is 0.274 e. The third-order valence-corrected chi connectivity index (χ3v) is 5.70. The molecule has 3 heterocycles.